The molecular weight excluding hydrogens is 320 g/mol. The van der Waals surface area contributed by atoms with Crippen LogP contribution in [-0.4, -0.2) is 64.8 Å². The highest BCUT2D eigenvalue weighted by Gasteiger charge is 2.50. The summed E-state index contributed by atoms with van der Waals surface area (Å²) in [5, 5.41) is 9.29. The SMILES string of the molecule is CC(C)(C)OC(=O)N1CC([C@H]2CCCN(C3CC(C)(C(=O)O)C3)C2)C1. The highest BCUT2D eigenvalue weighted by atomic mass is 16.6. The van der Waals surface area contributed by atoms with Gasteiger partial charge in [-0.25, -0.2) is 4.79 Å². The Morgan fingerprint density at radius 2 is 1.76 bits per heavy atom. The summed E-state index contributed by atoms with van der Waals surface area (Å²) in [6.45, 7) is 11.3. The molecule has 1 N–H and O–H groups in total. The smallest absolute Gasteiger partial charge is 0.410 e. The molecule has 2 saturated heterocycles. The van der Waals surface area contributed by atoms with Crippen molar-refractivity contribution in [3.8, 4) is 0 Å². The van der Waals surface area contributed by atoms with E-state index >= 15 is 0 Å². The zero-order chi connectivity index (χ0) is 18.4. The van der Waals surface area contributed by atoms with E-state index < -0.39 is 17.0 Å². The first-order valence-electron chi connectivity index (χ1n) is 9.53. The van der Waals surface area contributed by atoms with Gasteiger partial charge < -0.3 is 19.6 Å². The third kappa shape index (κ3) is 3.94. The molecular formula is C19H32N2O4. The van der Waals surface area contributed by atoms with Crippen LogP contribution >= 0.6 is 0 Å². The summed E-state index contributed by atoms with van der Waals surface area (Å²) >= 11 is 0. The second kappa shape index (κ2) is 6.45. The summed E-state index contributed by atoms with van der Waals surface area (Å²) in [5.74, 6) is 0.509. The molecule has 0 aromatic heterocycles. The maximum atomic E-state index is 12.1. The Balaban J connectivity index is 1.45. The average molecular weight is 352 g/mol. The van der Waals surface area contributed by atoms with Crippen molar-refractivity contribution in [1.82, 2.24) is 9.80 Å². The predicted octanol–water partition coefficient (Wildman–Crippen LogP) is 2.82. The minimum atomic E-state index is -0.663. The van der Waals surface area contributed by atoms with Crippen LogP contribution in [0.25, 0.3) is 0 Å². The molecule has 142 valence electrons. The first kappa shape index (κ1) is 18.5. The number of nitrogens with zero attached hydrogens (tertiary/aromatic N) is 2. The first-order chi connectivity index (χ1) is 11.6. The van der Waals surface area contributed by atoms with E-state index in [9.17, 15) is 14.7 Å². The first-order valence-corrected chi connectivity index (χ1v) is 9.53. The molecule has 3 fully saturated rings. The van der Waals surface area contributed by atoms with Crippen LogP contribution in [0, 0.1) is 17.3 Å². The van der Waals surface area contributed by atoms with Gasteiger partial charge in [0.05, 0.1) is 5.41 Å². The van der Waals surface area contributed by atoms with Gasteiger partial charge in [0, 0.05) is 25.7 Å². The Kier molecular flexibility index (Phi) is 4.77. The van der Waals surface area contributed by atoms with Gasteiger partial charge in [-0.3, -0.25) is 4.79 Å². The van der Waals surface area contributed by atoms with Crippen molar-refractivity contribution in [2.75, 3.05) is 26.2 Å². The zero-order valence-corrected chi connectivity index (χ0v) is 16.0. The van der Waals surface area contributed by atoms with Crippen molar-refractivity contribution >= 4 is 12.1 Å². The van der Waals surface area contributed by atoms with Crippen LogP contribution in [0.15, 0.2) is 0 Å². The summed E-state index contributed by atoms with van der Waals surface area (Å²) in [6, 6.07) is 0.422. The van der Waals surface area contributed by atoms with Crippen molar-refractivity contribution in [3.63, 3.8) is 0 Å². The highest BCUT2D eigenvalue weighted by Crippen LogP contribution is 2.45. The number of rotatable bonds is 3. The summed E-state index contributed by atoms with van der Waals surface area (Å²) in [6.07, 6.45) is 3.72. The number of carbonyl (C=O) groups excluding carboxylic acids is 1. The average Bonchev–Trinajstić information content (AvgIpc) is 2.40. The van der Waals surface area contributed by atoms with Gasteiger partial charge in [0.2, 0.25) is 0 Å². The molecule has 2 aliphatic heterocycles. The van der Waals surface area contributed by atoms with Gasteiger partial charge in [-0.15, -0.1) is 0 Å². The van der Waals surface area contributed by atoms with Crippen LogP contribution in [0.3, 0.4) is 0 Å². The molecule has 1 atom stereocenters. The monoisotopic (exact) mass is 352 g/mol. The molecule has 1 amide bonds. The van der Waals surface area contributed by atoms with E-state index in [1.165, 1.54) is 12.8 Å². The van der Waals surface area contributed by atoms with E-state index in [0.29, 0.717) is 17.9 Å². The molecule has 0 bridgehead atoms. The van der Waals surface area contributed by atoms with Gasteiger partial charge in [-0.1, -0.05) is 0 Å². The molecule has 1 saturated carbocycles. The van der Waals surface area contributed by atoms with Crippen molar-refractivity contribution in [2.24, 2.45) is 17.3 Å². The molecule has 25 heavy (non-hydrogen) atoms. The summed E-state index contributed by atoms with van der Waals surface area (Å²) < 4.78 is 5.43. The van der Waals surface area contributed by atoms with Gasteiger partial charge >= 0.3 is 12.1 Å². The lowest BCUT2D eigenvalue weighted by Crippen LogP contribution is -2.59. The largest absolute Gasteiger partial charge is 0.481 e. The lowest BCUT2D eigenvalue weighted by molar-refractivity contribution is -0.158. The third-order valence-corrected chi connectivity index (χ3v) is 6.12. The molecule has 3 aliphatic rings. The Morgan fingerprint density at radius 3 is 2.32 bits per heavy atom. The van der Waals surface area contributed by atoms with Gasteiger partial charge in [-0.05, 0) is 71.8 Å². The lowest BCUT2D eigenvalue weighted by atomic mass is 9.65. The van der Waals surface area contributed by atoms with E-state index in [0.717, 1.165) is 39.0 Å². The standard InChI is InChI=1S/C19H32N2O4/c1-18(2,3)25-17(24)21-11-14(12-21)13-6-5-7-20(10-13)15-8-19(4,9-15)16(22)23/h13-15H,5-12H2,1-4H3,(H,22,23)/t13-,15?,19?/m0/s1. The van der Waals surface area contributed by atoms with E-state index in [2.05, 4.69) is 4.90 Å². The Morgan fingerprint density at radius 1 is 1.12 bits per heavy atom. The predicted molar refractivity (Wildman–Crippen MR) is 94.4 cm³/mol. The van der Waals surface area contributed by atoms with E-state index in [-0.39, 0.29) is 6.09 Å². The maximum absolute atomic E-state index is 12.1. The van der Waals surface area contributed by atoms with Crippen LogP contribution < -0.4 is 0 Å². The topological polar surface area (TPSA) is 70.1 Å². The second-order valence-corrected chi connectivity index (χ2v) is 9.47. The van der Waals surface area contributed by atoms with E-state index in [4.69, 9.17) is 4.74 Å². The van der Waals surface area contributed by atoms with Crippen molar-refractivity contribution in [3.05, 3.63) is 0 Å². The number of aliphatic carboxylic acids is 1. The molecule has 0 radical (unpaired) electrons. The van der Waals surface area contributed by atoms with E-state index in [1.54, 1.807) is 4.90 Å². The van der Waals surface area contributed by atoms with Crippen LogP contribution in [0.5, 0.6) is 0 Å². The molecule has 0 unspecified atom stereocenters. The minimum absolute atomic E-state index is 0.201. The quantitative estimate of drug-likeness (QED) is 0.846. The van der Waals surface area contributed by atoms with Gasteiger partial charge in [0.15, 0.2) is 0 Å². The Labute approximate surface area is 150 Å². The molecule has 0 aromatic carbocycles. The van der Waals surface area contributed by atoms with Crippen LogP contribution in [-0.2, 0) is 9.53 Å². The number of carboxylic acid groups (broad SMARTS) is 1. The lowest BCUT2D eigenvalue weighted by Gasteiger charge is -2.52. The minimum Gasteiger partial charge on any atom is -0.481 e. The summed E-state index contributed by atoms with van der Waals surface area (Å²) in [4.78, 5) is 27.7. The van der Waals surface area contributed by atoms with Crippen LogP contribution in [0.2, 0.25) is 0 Å². The van der Waals surface area contributed by atoms with Crippen molar-refractivity contribution in [1.29, 1.82) is 0 Å². The highest BCUT2D eigenvalue weighted by molar-refractivity contribution is 5.75. The fourth-order valence-corrected chi connectivity index (χ4v) is 4.46. The number of carboxylic acids is 1. The third-order valence-electron chi connectivity index (χ3n) is 6.12. The zero-order valence-electron chi connectivity index (χ0n) is 16.0. The number of hydrogen-bond donors (Lipinski definition) is 1. The molecule has 1 aliphatic carbocycles. The summed E-state index contributed by atoms with van der Waals surface area (Å²) in [5.41, 5.74) is -0.966. The number of carbonyl (C=O) groups is 2. The van der Waals surface area contributed by atoms with Crippen LogP contribution in [0.1, 0.15) is 53.4 Å². The number of ether oxygens (including phenoxy) is 1. The van der Waals surface area contributed by atoms with E-state index in [1.807, 2.05) is 27.7 Å². The fraction of sp³-hybridized carbons (Fsp3) is 0.895. The van der Waals surface area contributed by atoms with Crippen molar-refractivity contribution < 1.29 is 19.4 Å². The Hall–Kier alpha value is -1.30. The van der Waals surface area contributed by atoms with Crippen LogP contribution in [0.4, 0.5) is 4.79 Å². The molecule has 0 spiro atoms. The maximum Gasteiger partial charge on any atom is 0.410 e. The fourth-order valence-electron chi connectivity index (χ4n) is 4.46. The van der Waals surface area contributed by atoms with Gasteiger partial charge in [0.25, 0.3) is 0 Å². The molecule has 3 rings (SSSR count). The molecule has 2 heterocycles. The number of amides is 1. The van der Waals surface area contributed by atoms with Gasteiger partial charge in [-0.2, -0.15) is 0 Å². The second-order valence-electron chi connectivity index (χ2n) is 9.47. The number of piperidine rings is 1. The molecule has 6 nitrogen and oxygen atoms in total. The van der Waals surface area contributed by atoms with Crippen molar-refractivity contribution in [2.45, 2.75) is 65.0 Å². The molecule has 6 heteroatoms. The Bertz CT molecular complexity index is 530. The number of likely N-dealkylation sites (tertiary alicyclic amines) is 2. The van der Waals surface area contributed by atoms with Gasteiger partial charge in [0.1, 0.15) is 5.60 Å². The molecule has 0 aromatic rings. The normalized spacial score (nSPS) is 34.2. The number of hydrogen-bond acceptors (Lipinski definition) is 4. The summed E-state index contributed by atoms with van der Waals surface area (Å²) in [7, 11) is 0.